The van der Waals surface area contributed by atoms with Crippen molar-refractivity contribution in [2.75, 3.05) is 77.2 Å². The number of piperazine rings is 1. The van der Waals surface area contributed by atoms with E-state index in [4.69, 9.17) is 35.7 Å². The smallest absolute Gasteiger partial charge is 0.319 e. The fourth-order valence-electron chi connectivity index (χ4n) is 11.3. The molecule has 0 radical (unpaired) electrons. The van der Waals surface area contributed by atoms with E-state index in [-0.39, 0.29) is 56.9 Å². The lowest BCUT2D eigenvalue weighted by Gasteiger charge is -2.45. The summed E-state index contributed by atoms with van der Waals surface area (Å²) in [4.78, 5) is 17.7. The van der Waals surface area contributed by atoms with E-state index in [9.17, 15) is 5.11 Å². The zero-order chi connectivity index (χ0) is 40.0. The molecule has 6 aliphatic rings. The van der Waals surface area contributed by atoms with Crippen LogP contribution in [0.3, 0.4) is 0 Å². The predicted molar refractivity (Wildman–Crippen MR) is 222 cm³/mol. The van der Waals surface area contributed by atoms with Gasteiger partial charge in [0.05, 0.1) is 37.4 Å². The molecule has 5 aliphatic heterocycles. The summed E-state index contributed by atoms with van der Waals surface area (Å²) < 4.78 is 53.1. The van der Waals surface area contributed by atoms with Crippen LogP contribution in [0.2, 0.25) is 0 Å². The van der Waals surface area contributed by atoms with Gasteiger partial charge in [0.1, 0.15) is 28.4 Å². The first-order valence-corrected chi connectivity index (χ1v) is 21.5. The topological polar surface area (TPSA) is 101 Å². The molecule has 6 fully saturated rings. The van der Waals surface area contributed by atoms with Crippen LogP contribution in [-0.2, 0) is 16.5 Å². The summed E-state index contributed by atoms with van der Waals surface area (Å²) in [7, 11) is 1.80. The van der Waals surface area contributed by atoms with Crippen LogP contribution in [-0.4, -0.2) is 119 Å². The molecule has 1 N–H and O–H groups in total. The fraction of sp³-hybridized carbons (Fsp3) is 0.543. The van der Waals surface area contributed by atoms with Crippen molar-refractivity contribution in [2.24, 2.45) is 23.8 Å². The van der Waals surface area contributed by atoms with Crippen molar-refractivity contribution >= 4 is 38.4 Å². The number of hydrogen-bond acceptors (Lipinski definition) is 10. The molecule has 2 bridgehead atoms. The molecule has 5 aromatic rings. The molecular formula is C46H51F2N7O4. The molecule has 7 heterocycles. The molecule has 1 saturated carbocycles. The van der Waals surface area contributed by atoms with Crippen molar-refractivity contribution in [3.05, 3.63) is 47.7 Å². The minimum Gasteiger partial charge on any atom is -0.508 e. The molecule has 1 aliphatic carbocycles. The van der Waals surface area contributed by atoms with Crippen molar-refractivity contribution in [3.63, 3.8) is 0 Å². The molecule has 3 aromatic carbocycles. The number of rotatable bonds is 9. The quantitative estimate of drug-likeness (QED) is 0.163. The van der Waals surface area contributed by atoms with E-state index < -0.39 is 11.6 Å². The number of hydrogen-bond donors (Lipinski definition) is 1. The van der Waals surface area contributed by atoms with Gasteiger partial charge in [0.25, 0.3) is 0 Å². The monoisotopic (exact) mass is 803 g/mol. The largest absolute Gasteiger partial charge is 0.508 e. The van der Waals surface area contributed by atoms with Gasteiger partial charge in [0, 0.05) is 97.7 Å². The molecular weight excluding hydrogens is 753 g/mol. The second-order valence-electron chi connectivity index (χ2n) is 18.6. The molecule has 11 rings (SSSR count). The van der Waals surface area contributed by atoms with Crippen LogP contribution in [0.25, 0.3) is 43.7 Å². The van der Waals surface area contributed by atoms with Crippen molar-refractivity contribution in [2.45, 2.75) is 63.5 Å². The summed E-state index contributed by atoms with van der Waals surface area (Å²) >= 11 is 0. The van der Waals surface area contributed by atoms with Gasteiger partial charge in [-0.05, 0) is 87.1 Å². The third kappa shape index (κ3) is 6.49. The Balaban J connectivity index is 1.02. The van der Waals surface area contributed by atoms with Crippen molar-refractivity contribution in [1.82, 2.24) is 29.5 Å². The summed E-state index contributed by atoms with van der Waals surface area (Å²) in [5.74, 6) is 2.34. The normalized spacial score (nSPS) is 25.9. The Morgan fingerprint density at radius 1 is 0.983 bits per heavy atom. The van der Waals surface area contributed by atoms with E-state index in [1.807, 2.05) is 6.20 Å². The lowest BCUT2D eigenvalue weighted by molar-refractivity contribution is -0.0534. The van der Waals surface area contributed by atoms with E-state index in [1.54, 1.807) is 17.8 Å². The number of ether oxygens (including phenoxy) is 3. The van der Waals surface area contributed by atoms with Crippen LogP contribution in [0.4, 0.5) is 14.6 Å². The number of aromatic hydroxyl groups is 1. The van der Waals surface area contributed by atoms with Gasteiger partial charge in [-0.3, -0.25) is 9.58 Å². The third-order valence-electron chi connectivity index (χ3n) is 14.3. The minimum absolute atomic E-state index is 0.0123. The number of piperidine rings is 1. The number of anilines is 1. The Morgan fingerprint density at radius 3 is 2.53 bits per heavy atom. The second kappa shape index (κ2) is 14.3. The number of aryl methyl sites for hydroxylation is 1. The van der Waals surface area contributed by atoms with E-state index >= 15 is 8.78 Å². The third-order valence-corrected chi connectivity index (χ3v) is 14.3. The Hall–Kier alpha value is -4.61. The Kier molecular flexibility index (Phi) is 9.03. The average molecular weight is 804 g/mol. The van der Waals surface area contributed by atoms with Gasteiger partial charge in [-0.15, -0.1) is 6.42 Å². The number of phenols is 1. The maximum absolute atomic E-state index is 18.0. The van der Waals surface area contributed by atoms with E-state index in [0.717, 1.165) is 97.8 Å². The molecule has 13 heteroatoms. The molecule has 308 valence electrons. The maximum atomic E-state index is 18.0. The van der Waals surface area contributed by atoms with E-state index in [2.05, 4.69) is 20.6 Å². The number of phenolic OH excluding ortho intramolecular Hbond substituents is 1. The lowest BCUT2D eigenvalue weighted by Crippen LogP contribution is -2.56. The van der Waals surface area contributed by atoms with E-state index in [1.165, 1.54) is 37.5 Å². The van der Waals surface area contributed by atoms with Crippen LogP contribution in [0.1, 0.15) is 56.9 Å². The van der Waals surface area contributed by atoms with Gasteiger partial charge in [0.15, 0.2) is 5.82 Å². The highest BCUT2D eigenvalue weighted by Gasteiger charge is 2.48. The Labute approximate surface area is 342 Å². The summed E-state index contributed by atoms with van der Waals surface area (Å²) in [6.45, 7) is 9.62. The van der Waals surface area contributed by atoms with Gasteiger partial charge in [-0.25, -0.2) is 8.78 Å². The standard InChI is InChI=1S/C46H51F2N7O4/c1-3-33-36(47)9-6-29-16-32(56)17-34(37(29)33)38-40(48)42-39(35-21-52(2)51-41(35)38)43(55-30-7-8-31(55)20-54(19-30)18-28-22-58-23-28)50-44(49-42)59-27-46(12-13-46)25-53-14-4-10-45(24-53)11-5-15-57-26-45/h1,6,9,16-17,21,28,30-31,56H,4-5,7-8,10-15,18-20,22-27H2,2H3. The summed E-state index contributed by atoms with van der Waals surface area (Å²) in [6, 6.07) is 6.26. The van der Waals surface area contributed by atoms with Crippen LogP contribution < -0.4 is 9.64 Å². The number of terminal acetylenes is 1. The zero-order valence-electron chi connectivity index (χ0n) is 33.7. The summed E-state index contributed by atoms with van der Waals surface area (Å²) in [5, 5.41) is 17.8. The number of aromatic nitrogens is 4. The number of likely N-dealkylation sites (tertiary alicyclic amines) is 2. The van der Waals surface area contributed by atoms with Crippen LogP contribution in [0.15, 0.2) is 30.5 Å². The zero-order valence-corrected chi connectivity index (χ0v) is 33.7. The van der Waals surface area contributed by atoms with Crippen LogP contribution in [0.5, 0.6) is 11.8 Å². The number of halogens is 2. The van der Waals surface area contributed by atoms with Gasteiger partial charge < -0.3 is 29.1 Å². The minimum atomic E-state index is -0.649. The second-order valence-corrected chi connectivity index (χ2v) is 18.6. The SMILES string of the molecule is C#Cc1c(F)ccc2cc(O)cc(-c3c(F)c4nc(OCC5(CN6CCCC7(CCCOC7)C6)CC5)nc(N5C6CCC5CN(CC5COC5)C6)c4c4cn(C)nc34)c12. The van der Waals surface area contributed by atoms with Crippen molar-refractivity contribution in [3.8, 4) is 35.2 Å². The highest BCUT2D eigenvalue weighted by atomic mass is 19.1. The van der Waals surface area contributed by atoms with Gasteiger partial charge in [-0.1, -0.05) is 12.0 Å². The first kappa shape index (κ1) is 37.4. The fourth-order valence-corrected chi connectivity index (χ4v) is 11.3. The predicted octanol–water partition coefficient (Wildman–Crippen LogP) is 6.65. The number of benzene rings is 3. The molecule has 0 amide bonds. The maximum Gasteiger partial charge on any atom is 0.319 e. The summed E-state index contributed by atoms with van der Waals surface area (Å²) in [5.41, 5.74) is 1.00. The molecule has 3 atom stereocenters. The average Bonchev–Trinajstić information content (AvgIpc) is 3.78. The Bertz CT molecular complexity index is 2500. The Morgan fingerprint density at radius 2 is 1.80 bits per heavy atom. The van der Waals surface area contributed by atoms with Crippen molar-refractivity contribution < 1.29 is 28.1 Å². The lowest BCUT2D eigenvalue weighted by atomic mass is 9.75. The van der Waals surface area contributed by atoms with Gasteiger partial charge >= 0.3 is 6.01 Å². The van der Waals surface area contributed by atoms with E-state index in [0.29, 0.717) is 45.4 Å². The van der Waals surface area contributed by atoms with Crippen LogP contribution in [0, 0.1) is 40.7 Å². The number of nitrogens with zero attached hydrogens (tertiary/aromatic N) is 7. The highest BCUT2D eigenvalue weighted by Crippen LogP contribution is 2.50. The van der Waals surface area contributed by atoms with Gasteiger partial charge in [-0.2, -0.15) is 15.1 Å². The molecule has 1 spiro atoms. The van der Waals surface area contributed by atoms with Crippen molar-refractivity contribution in [1.29, 1.82) is 0 Å². The molecule has 5 saturated heterocycles. The molecule has 59 heavy (non-hydrogen) atoms. The first-order chi connectivity index (χ1) is 28.7. The van der Waals surface area contributed by atoms with Crippen LogP contribution >= 0.6 is 0 Å². The molecule has 2 aromatic heterocycles. The molecule has 3 unspecified atom stereocenters. The molecule has 11 nitrogen and oxygen atoms in total. The first-order valence-electron chi connectivity index (χ1n) is 21.5. The van der Waals surface area contributed by atoms with Gasteiger partial charge in [0.2, 0.25) is 0 Å². The number of fused-ring (bicyclic) bond motifs is 6. The highest BCUT2D eigenvalue weighted by molar-refractivity contribution is 6.18. The summed E-state index contributed by atoms with van der Waals surface area (Å²) in [6.07, 6.45) is 16.6.